The average molecular weight is 655 g/mol. The highest BCUT2D eigenvalue weighted by molar-refractivity contribution is 7.00. The van der Waals surface area contributed by atoms with Crippen LogP contribution in [0.2, 0.25) is 0 Å². The van der Waals surface area contributed by atoms with E-state index in [1.54, 1.807) is 0 Å². The van der Waals surface area contributed by atoms with Crippen LogP contribution in [-0.2, 0) is 0 Å². The van der Waals surface area contributed by atoms with Gasteiger partial charge in [0.15, 0.2) is 0 Å². The van der Waals surface area contributed by atoms with E-state index in [1.165, 1.54) is 132 Å². The molecular weight excluding hydrogens is 627 g/mol. The van der Waals surface area contributed by atoms with Gasteiger partial charge in [-0.3, -0.25) is 0 Å². The molecule has 0 spiro atoms. The summed E-state index contributed by atoms with van der Waals surface area (Å²) in [7, 11) is 0. The Morgan fingerprint density at radius 1 is 0.404 bits per heavy atom. The number of aryl methyl sites for hydroxylation is 1. The highest BCUT2D eigenvalue weighted by atomic mass is 15.0. The third kappa shape index (κ3) is 2.79. The van der Waals surface area contributed by atoms with Crippen LogP contribution < -0.4 is 16.4 Å². The standard InChI is InChI=1S/C49H27BN2/c1-26-23-40-47-41(24-26)52-39-22-18-28-11-8-16-34-32-14-6-7-15-33(32)35-19-20-36(48(52)45(35)46(39)42(28)34)50(47)37-25-29-10-3-5-13-31(29)44-43-30-12-4-2-9-27(30)17-21-38(43)51(40)49(37)44/h2-25H,1H3. The fourth-order valence-electron chi connectivity index (χ4n) is 11.0. The number of benzene rings is 9. The van der Waals surface area contributed by atoms with E-state index in [2.05, 4.69) is 162 Å². The van der Waals surface area contributed by atoms with Crippen molar-refractivity contribution in [2.45, 2.75) is 6.92 Å². The number of rotatable bonds is 0. The van der Waals surface area contributed by atoms with Crippen molar-refractivity contribution in [3.05, 3.63) is 151 Å². The Labute approximate surface area is 298 Å². The van der Waals surface area contributed by atoms with Crippen molar-refractivity contribution in [3.8, 4) is 33.6 Å². The normalized spacial score (nSPS) is 13.4. The second kappa shape index (κ2) is 8.65. The van der Waals surface area contributed by atoms with Crippen LogP contribution in [0.4, 0.5) is 0 Å². The number of aromatic nitrogens is 2. The van der Waals surface area contributed by atoms with Crippen LogP contribution in [0.5, 0.6) is 0 Å². The van der Waals surface area contributed by atoms with Crippen molar-refractivity contribution in [2.75, 3.05) is 0 Å². The average Bonchev–Trinajstić information content (AvgIpc) is 3.69. The van der Waals surface area contributed by atoms with Crippen molar-refractivity contribution in [2.24, 2.45) is 0 Å². The zero-order valence-corrected chi connectivity index (χ0v) is 28.3. The predicted molar refractivity (Wildman–Crippen MR) is 221 cm³/mol. The lowest BCUT2D eigenvalue weighted by Crippen LogP contribution is -2.59. The second-order valence-electron chi connectivity index (χ2n) is 15.2. The fourth-order valence-corrected chi connectivity index (χ4v) is 11.0. The van der Waals surface area contributed by atoms with E-state index in [4.69, 9.17) is 0 Å². The Bertz CT molecular complexity index is 3540. The van der Waals surface area contributed by atoms with Gasteiger partial charge < -0.3 is 9.13 Å². The molecule has 1 aliphatic carbocycles. The maximum Gasteiger partial charge on any atom is 0.252 e. The van der Waals surface area contributed by atoms with E-state index in [-0.39, 0.29) is 6.71 Å². The van der Waals surface area contributed by atoms with Gasteiger partial charge in [0.2, 0.25) is 0 Å². The van der Waals surface area contributed by atoms with Crippen molar-refractivity contribution in [1.29, 1.82) is 0 Å². The van der Waals surface area contributed by atoms with Gasteiger partial charge in [-0.15, -0.1) is 0 Å². The van der Waals surface area contributed by atoms with Gasteiger partial charge in [-0.2, -0.15) is 0 Å². The lowest BCUT2D eigenvalue weighted by atomic mass is 9.34. The molecule has 52 heavy (non-hydrogen) atoms. The molecule has 2 aliphatic heterocycles. The summed E-state index contributed by atoms with van der Waals surface area (Å²) in [6.07, 6.45) is 0. The number of hydrogen-bond acceptors (Lipinski definition) is 0. The molecule has 3 aliphatic rings. The summed E-state index contributed by atoms with van der Waals surface area (Å²) < 4.78 is 5.26. The molecule has 3 heteroatoms. The zero-order chi connectivity index (χ0) is 33.6. The highest BCUT2D eigenvalue weighted by Gasteiger charge is 2.42. The molecule has 0 saturated carbocycles. The molecule has 0 bridgehead atoms. The summed E-state index contributed by atoms with van der Waals surface area (Å²) in [4.78, 5) is 0. The molecule has 236 valence electrons. The van der Waals surface area contributed by atoms with Gasteiger partial charge in [-0.05, 0) is 108 Å². The van der Waals surface area contributed by atoms with Crippen LogP contribution in [0.25, 0.3) is 110 Å². The molecule has 0 atom stereocenters. The summed E-state index contributed by atoms with van der Waals surface area (Å²) in [6.45, 7) is 2.37. The summed E-state index contributed by atoms with van der Waals surface area (Å²) in [5, 5.41) is 13.4. The Balaban J connectivity index is 1.26. The molecule has 0 unspecified atom stereocenters. The monoisotopic (exact) mass is 654 g/mol. The van der Waals surface area contributed by atoms with Gasteiger partial charge in [-0.1, -0.05) is 121 Å². The van der Waals surface area contributed by atoms with Crippen LogP contribution >= 0.6 is 0 Å². The number of hydrogen-bond donors (Lipinski definition) is 0. The summed E-state index contributed by atoms with van der Waals surface area (Å²) in [5.41, 5.74) is 18.7. The Morgan fingerprint density at radius 2 is 1.00 bits per heavy atom. The van der Waals surface area contributed by atoms with Gasteiger partial charge >= 0.3 is 0 Å². The van der Waals surface area contributed by atoms with Crippen LogP contribution in [-0.4, -0.2) is 15.8 Å². The first-order valence-electron chi connectivity index (χ1n) is 18.4. The first-order valence-corrected chi connectivity index (χ1v) is 18.4. The Morgan fingerprint density at radius 3 is 1.79 bits per heavy atom. The summed E-state index contributed by atoms with van der Waals surface area (Å²) >= 11 is 0. The Kier molecular flexibility index (Phi) is 4.37. The van der Waals surface area contributed by atoms with E-state index < -0.39 is 0 Å². The molecule has 9 aromatic carbocycles. The van der Waals surface area contributed by atoms with Gasteiger partial charge in [0.05, 0.1) is 22.1 Å². The van der Waals surface area contributed by atoms with Crippen molar-refractivity contribution in [3.63, 3.8) is 0 Å². The molecule has 0 N–H and O–H groups in total. The fraction of sp³-hybridized carbons (Fsp3) is 0.0204. The van der Waals surface area contributed by atoms with E-state index in [0.29, 0.717) is 0 Å². The minimum Gasteiger partial charge on any atom is -0.310 e. The van der Waals surface area contributed by atoms with E-state index in [1.807, 2.05) is 0 Å². The van der Waals surface area contributed by atoms with Gasteiger partial charge in [-0.25, -0.2) is 0 Å². The molecule has 0 amide bonds. The molecule has 2 aromatic heterocycles. The van der Waals surface area contributed by atoms with Crippen LogP contribution in [0, 0.1) is 6.92 Å². The maximum absolute atomic E-state index is 2.64. The third-order valence-corrected chi connectivity index (χ3v) is 12.8. The molecular formula is C49H27BN2. The van der Waals surface area contributed by atoms with Gasteiger partial charge in [0.25, 0.3) is 6.71 Å². The number of fused-ring (bicyclic) bond motifs is 15. The molecule has 0 fully saturated rings. The molecule has 11 aromatic rings. The summed E-state index contributed by atoms with van der Waals surface area (Å²) in [6, 6.07) is 55.6. The molecule has 2 nitrogen and oxygen atoms in total. The third-order valence-electron chi connectivity index (χ3n) is 12.8. The smallest absolute Gasteiger partial charge is 0.252 e. The lowest BCUT2D eigenvalue weighted by molar-refractivity contribution is 1.13. The molecule has 0 saturated heterocycles. The van der Waals surface area contributed by atoms with E-state index in [0.717, 1.165) is 0 Å². The highest BCUT2D eigenvalue weighted by Crippen LogP contribution is 2.50. The first kappa shape index (κ1) is 26.3. The Hall–Kier alpha value is -6.58. The summed E-state index contributed by atoms with van der Waals surface area (Å²) in [5.74, 6) is 0. The second-order valence-corrected chi connectivity index (χ2v) is 15.2. The molecule has 0 radical (unpaired) electrons. The largest absolute Gasteiger partial charge is 0.310 e. The van der Waals surface area contributed by atoms with Gasteiger partial charge in [0.1, 0.15) is 0 Å². The predicted octanol–water partition coefficient (Wildman–Crippen LogP) is 10.4. The van der Waals surface area contributed by atoms with Crippen LogP contribution in [0.1, 0.15) is 5.56 Å². The SMILES string of the molecule is Cc1cc2c3c(c1)-n1c4ccc5ccccc5c4c4c5ccccc5cc(c41)B3c1ccc3c4c5c6c(cccc6ccc5n-2c14)-c1ccccc1-3. The first-order chi connectivity index (χ1) is 25.7. The number of nitrogens with zero attached hydrogens (tertiary/aromatic N) is 2. The van der Waals surface area contributed by atoms with Crippen LogP contribution in [0.3, 0.4) is 0 Å². The quantitative estimate of drug-likeness (QED) is 0.144. The van der Waals surface area contributed by atoms with Crippen LogP contribution in [0.15, 0.2) is 146 Å². The zero-order valence-electron chi connectivity index (χ0n) is 28.3. The minimum absolute atomic E-state index is 0.0934. The lowest BCUT2D eigenvalue weighted by Gasteiger charge is -2.34. The van der Waals surface area contributed by atoms with E-state index >= 15 is 0 Å². The van der Waals surface area contributed by atoms with E-state index in [9.17, 15) is 0 Å². The van der Waals surface area contributed by atoms with Gasteiger partial charge in [0, 0.05) is 32.9 Å². The minimum atomic E-state index is 0.0934. The maximum atomic E-state index is 2.64. The van der Waals surface area contributed by atoms with Crippen molar-refractivity contribution in [1.82, 2.24) is 9.13 Å². The van der Waals surface area contributed by atoms with Crippen molar-refractivity contribution < 1.29 is 0 Å². The van der Waals surface area contributed by atoms with Crippen molar-refractivity contribution >= 4 is 99.0 Å². The molecule has 4 heterocycles. The molecule has 14 rings (SSSR count). The topological polar surface area (TPSA) is 9.86 Å².